The summed E-state index contributed by atoms with van der Waals surface area (Å²) < 4.78 is 12.3. The van der Waals surface area contributed by atoms with Crippen LogP contribution in [0.25, 0.3) is 5.65 Å². The van der Waals surface area contributed by atoms with Crippen LogP contribution < -0.4 is 30.8 Å². The van der Waals surface area contributed by atoms with Gasteiger partial charge in [0.25, 0.3) is 23.5 Å². The van der Waals surface area contributed by atoms with Crippen molar-refractivity contribution in [3.05, 3.63) is 35.4 Å². The number of nitrogens with zero attached hydrogens (tertiary/aromatic N) is 7. The van der Waals surface area contributed by atoms with Crippen molar-refractivity contribution in [3.8, 4) is 5.88 Å². The van der Waals surface area contributed by atoms with Gasteiger partial charge in [-0.15, -0.1) is 11.8 Å². The van der Waals surface area contributed by atoms with Gasteiger partial charge >= 0.3 is 5.65 Å². The maximum atomic E-state index is 13.3. The van der Waals surface area contributed by atoms with Crippen LogP contribution in [-0.2, 0) is 30.6 Å². The Kier molecular flexibility index (Phi) is 8.04. The number of imidazole rings is 1. The van der Waals surface area contributed by atoms with Crippen LogP contribution in [0.5, 0.6) is 5.88 Å². The third-order valence-electron chi connectivity index (χ3n) is 7.36. The lowest BCUT2D eigenvalue weighted by Gasteiger charge is -2.50. The molecule has 5 heterocycles. The molecule has 3 amide bonds. The van der Waals surface area contributed by atoms with E-state index in [4.69, 9.17) is 15.3 Å². The summed E-state index contributed by atoms with van der Waals surface area (Å²) in [7, 11) is 1.45. The van der Waals surface area contributed by atoms with Gasteiger partial charge in [-0.3, -0.25) is 24.6 Å². The average Bonchev–Trinajstić information content (AvgIpc) is 3.77. The van der Waals surface area contributed by atoms with Crippen molar-refractivity contribution in [2.75, 3.05) is 23.9 Å². The Hall–Kier alpha value is -4.78. The molecule has 6 rings (SSSR count). The maximum Gasteiger partial charge on any atom is 0.309 e. The lowest BCUT2D eigenvalue weighted by Crippen LogP contribution is -2.71. The van der Waals surface area contributed by atoms with Crippen molar-refractivity contribution in [2.45, 2.75) is 49.7 Å². The molecule has 0 radical (unpaired) electrons. The standard InChI is InChI=1S/C25H26N10O7S2/c1-41-15-6-7-16-33(9-14(27-11-36)35(16)30-15)8-12-10-43-23-18(22(38)34(23)19(12)24(39)40)28-21(37)17(20-29-25(26)44-32-20)31-42-13-4-2-3-5-13/h6-7,9,11,13,18,23H,2-5,8,10H2,1H3,(H4-,26,27,28,29,30,32,36,37,39,40)/b31-17-/t18-,23-/m1/s1. The van der Waals surface area contributed by atoms with Crippen molar-refractivity contribution in [1.29, 1.82) is 0 Å². The number of carbonyl (C=O) groups excluding carboxylic acids is 4. The topological polar surface area (TPSA) is 222 Å². The van der Waals surface area contributed by atoms with Crippen LogP contribution in [-0.4, -0.2) is 84.2 Å². The smallest absolute Gasteiger partial charge is 0.309 e. The van der Waals surface area contributed by atoms with Crippen LogP contribution in [0, 0.1) is 0 Å². The van der Waals surface area contributed by atoms with Gasteiger partial charge in [-0.05, 0) is 30.8 Å². The molecule has 3 aromatic heterocycles. The van der Waals surface area contributed by atoms with Crippen molar-refractivity contribution in [2.24, 2.45) is 5.16 Å². The molecule has 1 aliphatic carbocycles. The Morgan fingerprint density at radius 2 is 2.11 bits per heavy atom. The molecular formula is C25H26N10O7S2. The number of rotatable bonds is 11. The fourth-order valence-corrected chi connectivity index (χ4v) is 7.07. The monoisotopic (exact) mass is 642 g/mol. The zero-order valence-corrected chi connectivity index (χ0v) is 24.8. The zero-order chi connectivity index (χ0) is 31.0. The van der Waals surface area contributed by atoms with Gasteiger partial charge in [-0.25, -0.2) is 4.57 Å². The molecule has 2 fully saturated rings. The molecule has 1 saturated carbocycles. The van der Waals surface area contributed by atoms with Crippen molar-refractivity contribution < 1.29 is 38.4 Å². The summed E-state index contributed by atoms with van der Waals surface area (Å²) in [5, 5.41) is 25.3. The second-order valence-electron chi connectivity index (χ2n) is 10.1. The summed E-state index contributed by atoms with van der Waals surface area (Å²) in [5.74, 6) is -2.12. The van der Waals surface area contributed by atoms with Crippen molar-refractivity contribution in [3.63, 3.8) is 0 Å². The minimum atomic E-state index is -1.53. The van der Waals surface area contributed by atoms with E-state index in [1.165, 1.54) is 23.4 Å². The Labute approximate surface area is 257 Å². The number of carboxylic acid groups (broad SMARTS) is 1. The van der Waals surface area contributed by atoms with E-state index in [9.17, 15) is 24.3 Å². The van der Waals surface area contributed by atoms with Gasteiger partial charge in [0, 0.05) is 35.0 Å². The Morgan fingerprint density at radius 1 is 1.32 bits per heavy atom. The summed E-state index contributed by atoms with van der Waals surface area (Å²) in [5.41, 5.74) is 6.12. The number of fused-ring (bicyclic) bond motifs is 2. The molecule has 0 unspecified atom stereocenters. The van der Waals surface area contributed by atoms with E-state index in [0.29, 0.717) is 29.3 Å². The zero-order valence-electron chi connectivity index (χ0n) is 23.2. The molecule has 2 aliphatic heterocycles. The molecule has 2 atom stereocenters. The number of hydrogen-bond acceptors (Lipinski definition) is 14. The van der Waals surface area contributed by atoms with Crippen LogP contribution in [0.1, 0.15) is 31.5 Å². The summed E-state index contributed by atoms with van der Waals surface area (Å²) >= 11 is 2.17. The van der Waals surface area contributed by atoms with Crippen LogP contribution in [0.4, 0.5) is 10.9 Å². The Morgan fingerprint density at radius 3 is 2.80 bits per heavy atom. The number of anilines is 2. The first kappa shape index (κ1) is 29.3. The highest BCUT2D eigenvalue weighted by molar-refractivity contribution is 8.00. The van der Waals surface area contributed by atoms with Gasteiger partial charge in [-0.1, -0.05) is 9.67 Å². The number of aromatic nitrogens is 5. The number of aliphatic carboxylic acids is 1. The van der Waals surface area contributed by atoms with Crippen LogP contribution in [0.2, 0.25) is 0 Å². The molecule has 3 aromatic rings. The fraction of sp³-hybridized carbons (Fsp3) is 0.400. The van der Waals surface area contributed by atoms with Crippen molar-refractivity contribution >= 4 is 69.8 Å². The van der Waals surface area contributed by atoms with Gasteiger partial charge in [0.05, 0.1) is 18.8 Å². The van der Waals surface area contributed by atoms with Gasteiger partial charge in [0.15, 0.2) is 11.3 Å². The highest BCUT2D eigenvalue weighted by atomic mass is 32.2. The lowest BCUT2D eigenvalue weighted by molar-refractivity contribution is -0.662. The second-order valence-corrected chi connectivity index (χ2v) is 11.9. The van der Waals surface area contributed by atoms with E-state index in [0.717, 1.165) is 42.1 Å². The molecule has 44 heavy (non-hydrogen) atoms. The van der Waals surface area contributed by atoms with Gasteiger partial charge < -0.3 is 30.5 Å². The van der Waals surface area contributed by atoms with E-state index in [1.807, 2.05) is 0 Å². The van der Waals surface area contributed by atoms with E-state index in [2.05, 4.69) is 30.2 Å². The number of methoxy groups -OCH3 is 1. The highest BCUT2D eigenvalue weighted by Crippen LogP contribution is 2.40. The predicted molar refractivity (Wildman–Crippen MR) is 153 cm³/mol. The molecule has 0 bridgehead atoms. The summed E-state index contributed by atoms with van der Waals surface area (Å²) in [6, 6.07) is 2.27. The predicted octanol–water partition coefficient (Wildman–Crippen LogP) is -1.60. The fourth-order valence-electron chi connectivity index (χ4n) is 5.30. The molecular weight excluding hydrogens is 616 g/mol. The number of amides is 3. The first-order chi connectivity index (χ1) is 21.3. The molecule has 19 heteroatoms. The third kappa shape index (κ3) is 5.39. The molecule has 1 saturated heterocycles. The van der Waals surface area contributed by atoms with Crippen LogP contribution >= 0.6 is 23.3 Å². The van der Waals surface area contributed by atoms with Gasteiger partial charge in [0.2, 0.25) is 17.9 Å². The average molecular weight is 643 g/mol. The van der Waals surface area contributed by atoms with Gasteiger partial charge in [-0.2, -0.15) is 9.36 Å². The molecule has 0 spiro atoms. The number of hydrogen-bond donors (Lipinski definition) is 3. The van der Waals surface area contributed by atoms with Crippen LogP contribution in [0.3, 0.4) is 0 Å². The van der Waals surface area contributed by atoms with E-state index >= 15 is 0 Å². The Bertz CT molecular complexity index is 1710. The number of β-lactam (4-membered cyclic amide) rings is 1. The number of nitrogens with two attached hydrogens (primary N) is 1. The number of nitrogens with one attached hydrogen (secondary N) is 2. The molecule has 17 nitrogen and oxygen atoms in total. The molecule has 3 aliphatic rings. The number of carboxylic acids is 1. The summed E-state index contributed by atoms with van der Waals surface area (Å²) in [4.78, 5) is 60.9. The van der Waals surface area contributed by atoms with Crippen molar-refractivity contribution in [1.82, 2.24) is 29.2 Å². The van der Waals surface area contributed by atoms with E-state index in [-0.39, 0.29) is 40.8 Å². The minimum Gasteiger partial charge on any atom is -0.543 e. The SMILES string of the molecule is COc1ccc2n(n1)c(NC=O)c[n+]2CC1=C(C(=O)[O-])N2C(=O)[C@@H](NC(=O)/C(=N\OC3CCCC3)c3nsc(N)n3)[C@H]2SC1. The first-order valence-corrected chi connectivity index (χ1v) is 15.3. The molecule has 4 N–H and O–H groups in total. The molecule has 0 aromatic carbocycles. The Balaban J connectivity index is 1.23. The second kappa shape index (κ2) is 12.1. The lowest BCUT2D eigenvalue weighted by atomic mass is 10.0. The van der Waals surface area contributed by atoms with E-state index < -0.39 is 29.2 Å². The number of thioether (sulfide) groups is 1. The number of nitrogen functional groups attached to an aromatic ring is 1. The van der Waals surface area contributed by atoms with Gasteiger partial charge in [0.1, 0.15) is 24.1 Å². The van der Waals surface area contributed by atoms with E-state index in [1.54, 1.807) is 22.9 Å². The maximum absolute atomic E-state index is 13.3. The number of carbonyl (C=O) groups is 4. The summed E-state index contributed by atoms with van der Waals surface area (Å²) in [6.45, 7) is 0.0497. The normalized spacial score (nSPS) is 20.3. The third-order valence-corrected chi connectivity index (χ3v) is 9.24. The minimum absolute atomic E-state index is 0.0344. The highest BCUT2D eigenvalue weighted by Gasteiger charge is 2.53. The summed E-state index contributed by atoms with van der Waals surface area (Å²) in [6.07, 6.45) is 5.53. The number of ether oxygens (including phenoxy) is 1. The number of oxime groups is 1. The molecule has 230 valence electrons. The van der Waals surface area contributed by atoms with Crippen LogP contribution in [0.15, 0.2) is 34.8 Å². The quantitative estimate of drug-likeness (QED) is 0.0707. The largest absolute Gasteiger partial charge is 0.543 e. The first-order valence-electron chi connectivity index (χ1n) is 13.5.